The summed E-state index contributed by atoms with van der Waals surface area (Å²) >= 11 is 0. The van der Waals surface area contributed by atoms with E-state index in [0.29, 0.717) is 6.42 Å². The molecule has 0 aromatic heterocycles. The summed E-state index contributed by atoms with van der Waals surface area (Å²) < 4.78 is 9.24. The summed E-state index contributed by atoms with van der Waals surface area (Å²) in [7, 11) is 0. The molecule has 0 amide bonds. The molecule has 16 heavy (non-hydrogen) atoms. The maximum absolute atomic E-state index is 11.0. The van der Waals surface area contributed by atoms with Crippen molar-refractivity contribution in [1.29, 1.82) is 0 Å². The molecule has 0 bridgehead atoms. The summed E-state index contributed by atoms with van der Waals surface area (Å²) in [4.78, 5) is 21.9. The lowest BCUT2D eigenvalue weighted by atomic mass is 10.2. The molecular weight excluding hydrogens is 208 g/mol. The lowest BCUT2D eigenvalue weighted by Crippen LogP contribution is -2.21. The summed E-state index contributed by atoms with van der Waals surface area (Å²) in [6.07, 6.45) is 0.589. The topological polar surface area (TPSA) is 52.6 Å². The Balaban J connectivity index is 2.26. The van der Waals surface area contributed by atoms with Gasteiger partial charge in [-0.3, -0.25) is 0 Å². The third-order valence-electron chi connectivity index (χ3n) is 1.91. The van der Waals surface area contributed by atoms with Crippen LogP contribution in [0.5, 0.6) is 0 Å². The molecule has 4 nitrogen and oxygen atoms in total. The molecule has 0 unspecified atom stereocenters. The highest BCUT2D eigenvalue weighted by Gasteiger charge is 2.15. The quantitative estimate of drug-likeness (QED) is 0.569. The highest BCUT2D eigenvalue weighted by molar-refractivity contribution is 6.29. The van der Waals surface area contributed by atoms with Crippen LogP contribution in [0.25, 0.3) is 0 Å². The van der Waals surface area contributed by atoms with Crippen LogP contribution in [0.15, 0.2) is 30.3 Å². The lowest BCUT2D eigenvalue weighted by molar-refractivity contribution is -0.167. The Morgan fingerprint density at radius 2 is 1.69 bits per heavy atom. The van der Waals surface area contributed by atoms with E-state index in [1.54, 1.807) is 6.92 Å². The number of hydrogen-bond acceptors (Lipinski definition) is 4. The van der Waals surface area contributed by atoms with Crippen molar-refractivity contribution in [3.63, 3.8) is 0 Å². The Morgan fingerprint density at radius 3 is 2.31 bits per heavy atom. The van der Waals surface area contributed by atoms with E-state index >= 15 is 0 Å². The second kappa shape index (κ2) is 6.61. The molecule has 0 fully saturated rings. The molecule has 0 heterocycles. The van der Waals surface area contributed by atoms with Crippen molar-refractivity contribution in [1.82, 2.24) is 0 Å². The highest BCUT2D eigenvalue weighted by Crippen LogP contribution is 1.99. The van der Waals surface area contributed by atoms with Crippen molar-refractivity contribution in [2.24, 2.45) is 0 Å². The monoisotopic (exact) mass is 222 g/mol. The van der Waals surface area contributed by atoms with E-state index in [9.17, 15) is 9.59 Å². The Morgan fingerprint density at radius 1 is 1.06 bits per heavy atom. The summed E-state index contributed by atoms with van der Waals surface area (Å²) in [6, 6.07) is 9.58. The molecule has 0 aliphatic rings. The van der Waals surface area contributed by atoms with Crippen LogP contribution < -0.4 is 0 Å². The largest absolute Gasteiger partial charge is 0.458 e. The van der Waals surface area contributed by atoms with Crippen LogP contribution in [0.2, 0.25) is 0 Å². The Kier molecular flexibility index (Phi) is 5.05. The van der Waals surface area contributed by atoms with E-state index in [-0.39, 0.29) is 13.2 Å². The average Bonchev–Trinajstić information content (AvgIpc) is 2.30. The van der Waals surface area contributed by atoms with Gasteiger partial charge in [-0.1, -0.05) is 30.3 Å². The fourth-order valence-electron chi connectivity index (χ4n) is 1.16. The van der Waals surface area contributed by atoms with Crippen molar-refractivity contribution in [3.05, 3.63) is 35.9 Å². The van der Waals surface area contributed by atoms with Crippen LogP contribution in [0.1, 0.15) is 12.5 Å². The van der Waals surface area contributed by atoms with Gasteiger partial charge >= 0.3 is 11.9 Å². The fourth-order valence-corrected chi connectivity index (χ4v) is 1.16. The zero-order chi connectivity index (χ0) is 11.8. The maximum atomic E-state index is 11.0. The predicted octanol–water partition coefficient (Wildman–Crippen LogP) is 1.34. The lowest BCUT2D eigenvalue weighted by Gasteiger charge is -2.04. The molecule has 0 aliphatic carbocycles. The van der Waals surface area contributed by atoms with Crippen molar-refractivity contribution in [2.75, 3.05) is 13.2 Å². The van der Waals surface area contributed by atoms with Crippen LogP contribution in [0, 0.1) is 0 Å². The van der Waals surface area contributed by atoms with Crippen LogP contribution >= 0.6 is 0 Å². The zero-order valence-corrected chi connectivity index (χ0v) is 9.14. The molecular formula is C12H14O4. The van der Waals surface area contributed by atoms with Gasteiger partial charge < -0.3 is 9.47 Å². The molecule has 0 saturated carbocycles. The molecule has 1 aromatic carbocycles. The zero-order valence-electron chi connectivity index (χ0n) is 9.14. The van der Waals surface area contributed by atoms with Crippen LogP contribution in [-0.2, 0) is 25.5 Å². The first-order chi connectivity index (χ1) is 7.74. The van der Waals surface area contributed by atoms with Crippen LogP contribution in [-0.4, -0.2) is 25.2 Å². The fraction of sp³-hybridized carbons (Fsp3) is 0.333. The van der Waals surface area contributed by atoms with E-state index in [1.165, 1.54) is 0 Å². The summed E-state index contributed by atoms with van der Waals surface area (Å²) in [6.45, 7) is 1.99. The molecule has 0 N–H and O–H groups in total. The number of rotatable bonds is 4. The SMILES string of the molecule is CCOC(=O)C(=O)OCCc1ccccc1. The molecule has 4 heteroatoms. The second-order valence-corrected chi connectivity index (χ2v) is 3.09. The van der Waals surface area contributed by atoms with Gasteiger partial charge in [0.05, 0.1) is 13.2 Å². The molecule has 1 rings (SSSR count). The minimum atomic E-state index is -0.935. The first-order valence-electron chi connectivity index (χ1n) is 5.12. The van der Waals surface area contributed by atoms with Crippen molar-refractivity contribution in [2.45, 2.75) is 13.3 Å². The normalized spacial score (nSPS) is 9.56. The van der Waals surface area contributed by atoms with Crippen molar-refractivity contribution in [3.8, 4) is 0 Å². The second-order valence-electron chi connectivity index (χ2n) is 3.09. The van der Waals surface area contributed by atoms with E-state index in [1.807, 2.05) is 30.3 Å². The number of hydrogen-bond donors (Lipinski definition) is 0. The van der Waals surface area contributed by atoms with Gasteiger partial charge in [-0.2, -0.15) is 0 Å². The third kappa shape index (κ3) is 4.13. The van der Waals surface area contributed by atoms with E-state index < -0.39 is 11.9 Å². The summed E-state index contributed by atoms with van der Waals surface area (Å²) in [5.41, 5.74) is 1.05. The van der Waals surface area contributed by atoms with Gasteiger partial charge in [-0.25, -0.2) is 9.59 Å². The summed E-state index contributed by atoms with van der Waals surface area (Å²) in [5, 5.41) is 0. The standard InChI is InChI=1S/C12H14O4/c1-2-15-11(13)12(14)16-9-8-10-6-4-3-5-7-10/h3-7H,2,8-9H2,1H3. The first kappa shape index (κ1) is 12.2. The molecule has 0 spiro atoms. The van der Waals surface area contributed by atoms with Gasteiger partial charge in [-0.05, 0) is 12.5 Å². The van der Waals surface area contributed by atoms with Crippen molar-refractivity contribution < 1.29 is 19.1 Å². The average molecular weight is 222 g/mol. The number of ether oxygens (including phenoxy) is 2. The number of esters is 2. The maximum Gasteiger partial charge on any atom is 0.417 e. The molecule has 0 saturated heterocycles. The van der Waals surface area contributed by atoms with E-state index in [4.69, 9.17) is 4.74 Å². The number of carbonyl (C=O) groups is 2. The van der Waals surface area contributed by atoms with E-state index in [0.717, 1.165) is 5.56 Å². The third-order valence-corrected chi connectivity index (χ3v) is 1.91. The minimum Gasteiger partial charge on any atom is -0.458 e. The van der Waals surface area contributed by atoms with Gasteiger partial charge in [0, 0.05) is 6.42 Å². The van der Waals surface area contributed by atoms with Gasteiger partial charge in [-0.15, -0.1) is 0 Å². The molecule has 86 valence electrons. The van der Waals surface area contributed by atoms with Crippen molar-refractivity contribution >= 4 is 11.9 Å². The Labute approximate surface area is 94.2 Å². The first-order valence-corrected chi connectivity index (χ1v) is 5.12. The molecule has 1 aromatic rings. The molecule has 0 radical (unpaired) electrons. The van der Waals surface area contributed by atoms with Gasteiger partial charge in [0.1, 0.15) is 0 Å². The van der Waals surface area contributed by atoms with Gasteiger partial charge in [0.2, 0.25) is 0 Å². The van der Waals surface area contributed by atoms with Gasteiger partial charge in [0.15, 0.2) is 0 Å². The smallest absolute Gasteiger partial charge is 0.417 e. The molecule has 0 aliphatic heterocycles. The Hall–Kier alpha value is -1.84. The highest BCUT2D eigenvalue weighted by atomic mass is 16.6. The van der Waals surface area contributed by atoms with Crippen LogP contribution in [0.4, 0.5) is 0 Å². The predicted molar refractivity (Wildman–Crippen MR) is 57.7 cm³/mol. The number of carbonyl (C=O) groups excluding carboxylic acids is 2. The minimum absolute atomic E-state index is 0.173. The van der Waals surface area contributed by atoms with Crippen LogP contribution in [0.3, 0.4) is 0 Å². The summed E-state index contributed by atoms with van der Waals surface area (Å²) in [5.74, 6) is -1.87. The van der Waals surface area contributed by atoms with E-state index in [2.05, 4.69) is 4.74 Å². The Bertz CT molecular complexity index is 345. The molecule has 0 atom stereocenters. The van der Waals surface area contributed by atoms with Gasteiger partial charge in [0.25, 0.3) is 0 Å². The number of benzene rings is 1.